The maximum Gasteiger partial charge on any atom is 0.0827 e. The van der Waals surface area contributed by atoms with Gasteiger partial charge in [-0.3, -0.25) is 0 Å². The lowest BCUT2D eigenvalue weighted by Crippen LogP contribution is -2.42. The molecular weight excluding hydrogens is 166 g/mol. The highest BCUT2D eigenvalue weighted by atomic mass is 16.6. The minimum absolute atomic E-state index is 0.0307. The van der Waals surface area contributed by atoms with E-state index in [9.17, 15) is 0 Å². The minimum atomic E-state index is -0.0307. The van der Waals surface area contributed by atoms with Crippen LogP contribution in [0.4, 0.5) is 0 Å². The maximum absolute atomic E-state index is 6.33. The van der Waals surface area contributed by atoms with E-state index in [1.807, 2.05) is 0 Å². The van der Waals surface area contributed by atoms with Crippen molar-refractivity contribution in [2.45, 2.75) is 50.4 Å². The van der Waals surface area contributed by atoms with E-state index < -0.39 is 0 Å². The van der Waals surface area contributed by atoms with Gasteiger partial charge in [-0.1, -0.05) is 13.3 Å². The zero-order valence-electron chi connectivity index (χ0n) is 8.29. The summed E-state index contributed by atoms with van der Waals surface area (Å²) >= 11 is 0. The van der Waals surface area contributed by atoms with E-state index in [1.54, 1.807) is 0 Å². The van der Waals surface area contributed by atoms with Gasteiger partial charge in [0.15, 0.2) is 0 Å². The molecule has 3 heteroatoms. The van der Waals surface area contributed by atoms with Gasteiger partial charge in [0.2, 0.25) is 0 Å². The first kappa shape index (κ1) is 9.44. The van der Waals surface area contributed by atoms with Gasteiger partial charge in [-0.25, -0.2) is 0 Å². The number of epoxide rings is 2. The molecule has 0 amide bonds. The molecule has 0 radical (unpaired) electrons. The predicted molar refractivity (Wildman–Crippen MR) is 50.5 cm³/mol. The molecule has 2 aliphatic rings. The minimum Gasteiger partial charge on any atom is -0.373 e. The summed E-state index contributed by atoms with van der Waals surface area (Å²) in [5, 5.41) is 0. The number of hydrogen-bond donors (Lipinski definition) is 1. The Balaban J connectivity index is 1.82. The van der Waals surface area contributed by atoms with Crippen LogP contribution in [-0.4, -0.2) is 31.0 Å². The Labute approximate surface area is 79.6 Å². The summed E-state index contributed by atoms with van der Waals surface area (Å²) in [6.07, 6.45) is 5.15. The Kier molecular flexibility index (Phi) is 2.58. The second-order valence-corrected chi connectivity index (χ2v) is 4.43. The molecule has 0 aromatic heterocycles. The summed E-state index contributed by atoms with van der Waals surface area (Å²) in [7, 11) is 0. The van der Waals surface area contributed by atoms with E-state index in [0.29, 0.717) is 12.2 Å². The summed E-state index contributed by atoms with van der Waals surface area (Å²) in [4.78, 5) is 0. The van der Waals surface area contributed by atoms with Crippen LogP contribution < -0.4 is 5.73 Å². The average molecular weight is 185 g/mol. The van der Waals surface area contributed by atoms with Gasteiger partial charge in [-0.2, -0.15) is 0 Å². The fourth-order valence-electron chi connectivity index (χ4n) is 2.06. The first-order valence-corrected chi connectivity index (χ1v) is 5.24. The fourth-order valence-corrected chi connectivity index (χ4v) is 2.06. The summed E-state index contributed by atoms with van der Waals surface area (Å²) in [5.74, 6) is 0. The molecule has 0 aromatic rings. The number of hydrogen-bond acceptors (Lipinski definition) is 3. The molecule has 0 bridgehead atoms. The van der Waals surface area contributed by atoms with Gasteiger partial charge in [-0.15, -0.1) is 0 Å². The van der Waals surface area contributed by atoms with Crippen molar-refractivity contribution in [3.63, 3.8) is 0 Å². The maximum atomic E-state index is 6.33. The third-order valence-corrected chi connectivity index (χ3v) is 2.82. The van der Waals surface area contributed by atoms with Gasteiger partial charge < -0.3 is 15.2 Å². The van der Waals surface area contributed by atoms with Gasteiger partial charge in [0.25, 0.3) is 0 Å². The van der Waals surface area contributed by atoms with Gasteiger partial charge >= 0.3 is 0 Å². The van der Waals surface area contributed by atoms with Crippen molar-refractivity contribution in [1.82, 2.24) is 0 Å². The molecule has 2 N–H and O–H groups in total. The van der Waals surface area contributed by atoms with E-state index in [-0.39, 0.29) is 5.54 Å². The summed E-state index contributed by atoms with van der Waals surface area (Å²) in [6, 6.07) is 0. The lowest BCUT2D eigenvalue weighted by molar-refractivity contribution is 0.256. The molecule has 2 unspecified atom stereocenters. The largest absolute Gasteiger partial charge is 0.373 e. The van der Waals surface area contributed by atoms with Crippen LogP contribution in [0.2, 0.25) is 0 Å². The van der Waals surface area contributed by atoms with Crippen LogP contribution in [0.5, 0.6) is 0 Å². The lowest BCUT2D eigenvalue weighted by atomic mass is 9.85. The highest BCUT2D eigenvalue weighted by Crippen LogP contribution is 2.31. The molecular formula is C10H19NO2. The SMILES string of the molecule is CCCC(N)(CC1CO1)CC1CO1. The van der Waals surface area contributed by atoms with Crippen molar-refractivity contribution in [2.75, 3.05) is 13.2 Å². The zero-order chi connectivity index (χ0) is 9.31. The Bertz CT molecular complexity index is 162. The standard InChI is InChI=1S/C10H19NO2/c1-2-3-10(11,4-8-6-12-8)5-9-7-13-9/h8-9H,2-7,11H2,1H3. The summed E-state index contributed by atoms with van der Waals surface area (Å²) in [5.41, 5.74) is 6.30. The molecule has 3 nitrogen and oxygen atoms in total. The molecule has 2 fully saturated rings. The average Bonchev–Trinajstić information content (AvgIpc) is 2.85. The Morgan fingerprint density at radius 3 is 2.00 bits per heavy atom. The Morgan fingerprint density at radius 1 is 1.23 bits per heavy atom. The summed E-state index contributed by atoms with van der Waals surface area (Å²) < 4.78 is 10.5. The number of rotatable bonds is 6. The van der Waals surface area contributed by atoms with E-state index in [4.69, 9.17) is 15.2 Å². The van der Waals surface area contributed by atoms with Gasteiger partial charge in [0.05, 0.1) is 25.4 Å². The molecule has 2 saturated heterocycles. The first-order valence-electron chi connectivity index (χ1n) is 5.24. The first-order chi connectivity index (χ1) is 6.22. The molecule has 2 rings (SSSR count). The van der Waals surface area contributed by atoms with Crippen LogP contribution in [0.1, 0.15) is 32.6 Å². The molecule has 0 aliphatic carbocycles. The van der Waals surface area contributed by atoms with Gasteiger partial charge in [0, 0.05) is 5.54 Å². The van der Waals surface area contributed by atoms with Crippen LogP contribution in [0.25, 0.3) is 0 Å². The van der Waals surface area contributed by atoms with E-state index in [1.165, 1.54) is 0 Å². The van der Waals surface area contributed by atoms with Crippen LogP contribution in [0.15, 0.2) is 0 Å². The lowest BCUT2D eigenvalue weighted by Gasteiger charge is -2.27. The van der Waals surface area contributed by atoms with Crippen LogP contribution in [0.3, 0.4) is 0 Å². The number of ether oxygens (including phenoxy) is 2. The van der Waals surface area contributed by atoms with Crippen molar-refractivity contribution in [3.05, 3.63) is 0 Å². The van der Waals surface area contributed by atoms with Gasteiger partial charge in [-0.05, 0) is 19.3 Å². The molecule has 0 spiro atoms. The van der Waals surface area contributed by atoms with E-state index in [2.05, 4.69) is 6.92 Å². The second-order valence-electron chi connectivity index (χ2n) is 4.43. The van der Waals surface area contributed by atoms with Crippen LogP contribution in [-0.2, 0) is 9.47 Å². The monoisotopic (exact) mass is 185 g/mol. The third-order valence-electron chi connectivity index (χ3n) is 2.82. The normalized spacial score (nSPS) is 35.5. The fraction of sp³-hybridized carbons (Fsp3) is 1.00. The van der Waals surface area contributed by atoms with Crippen molar-refractivity contribution in [3.8, 4) is 0 Å². The molecule has 2 heterocycles. The third kappa shape index (κ3) is 2.93. The van der Waals surface area contributed by atoms with E-state index >= 15 is 0 Å². The number of nitrogens with two attached hydrogens (primary N) is 1. The van der Waals surface area contributed by atoms with E-state index in [0.717, 1.165) is 38.9 Å². The van der Waals surface area contributed by atoms with Crippen LogP contribution >= 0.6 is 0 Å². The molecule has 2 aliphatic heterocycles. The Hall–Kier alpha value is -0.120. The highest BCUT2D eigenvalue weighted by molar-refractivity contribution is 4.94. The molecule has 76 valence electrons. The van der Waals surface area contributed by atoms with Crippen molar-refractivity contribution < 1.29 is 9.47 Å². The second kappa shape index (κ2) is 3.56. The van der Waals surface area contributed by atoms with Crippen molar-refractivity contribution in [2.24, 2.45) is 5.73 Å². The topological polar surface area (TPSA) is 51.1 Å². The smallest absolute Gasteiger partial charge is 0.0827 e. The predicted octanol–water partition coefficient (Wildman–Crippen LogP) is 1.06. The molecule has 13 heavy (non-hydrogen) atoms. The van der Waals surface area contributed by atoms with Crippen molar-refractivity contribution in [1.29, 1.82) is 0 Å². The summed E-state index contributed by atoms with van der Waals surface area (Å²) in [6.45, 7) is 4.01. The van der Waals surface area contributed by atoms with Crippen LogP contribution in [0, 0.1) is 0 Å². The Morgan fingerprint density at radius 2 is 1.69 bits per heavy atom. The quantitative estimate of drug-likeness (QED) is 0.629. The van der Waals surface area contributed by atoms with Crippen molar-refractivity contribution >= 4 is 0 Å². The molecule has 2 atom stereocenters. The molecule has 0 saturated carbocycles. The molecule has 0 aromatic carbocycles. The highest BCUT2D eigenvalue weighted by Gasteiger charge is 2.39. The van der Waals surface area contributed by atoms with Gasteiger partial charge in [0.1, 0.15) is 0 Å². The zero-order valence-corrected chi connectivity index (χ0v) is 8.29.